The fourth-order valence-electron chi connectivity index (χ4n) is 3.35. The van der Waals surface area contributed by atoms with Crippen LogP contribution >= 0.6 is 24.0 Å². The molecule has 8 heteroatoms. The van der Waals surface area contributed by atoms with E-state index in [1.807, 2.05) is 48.5 Å². The van der Waals surface area contributed by atoms with Gasteiger partial charge in [0.1, 0.15) is 4.32 Å². The Labute approximate surface area is 203 Å². The molecule has 1 heterocycles. The highest BCUT2D eigenvalue weighted by Crippen LogP contribution is 2.33. The second-order valence-electron chi connectivity index (χ2n) is 7.63. The van der Waals surface area contributed by atoms with Crippen LogP contribution in [0.5, 0.6) is 0 Å². The fourth-order valence-corrected chi connectivity index (χ4v) is 4.66. The van der Waals surface area contributed by atoms with Crippen LogP contribution in [0.1, 0.15) is 37.7 Å². The SMILES string of the molecule is O=C(O)CCCCCNC(=O)CCN1C(=O)/C(=C/c2ccc(-c3ccccc3)cc2)SC1=S. The van der Waals surface area contributed by atoms with Crippen molar-refractivity contribution in [3.8, 4) is 11.1 Å². The van der Waals surface area contributed by atoms with Crippen LogP contribution in [0.3, 0.4) is 0 Å². The number of aliphatic carboxylic acids is 1. The van der Waals surface area contributed by atoms with Gasteiger partial charge in [-0.15, -0.1) is 0 Å². The maximum absolute atomic E-state index is 12.8. The number of thiocarbonyl (C=S) groups is 1. The lowest BCUT2D eigenvalue weighted by atomic mass is 10.0. The zero-order chi connectivity index (χ0) is 23.6. The molecule has 3 rings (SSSR count). The molecule has 0 radical (unpaired) electrons. The van der Waals surface area contributed by atoms with Gasteiger partial charge < -0.3 is 10.4 Å². The van der Waals surface area contributed by atoms with E-state index < -0.39 is 5.97 Å². The molecule has 0 bridgehead atoms. The van der Waals surface area contributed by atoms with E-state index in [9.17, 15) is 14.4 Å². The lowest BCUT2D eigenvalue weighted by Crippen LogP contribution is -2.33. The van der Waals surface area contributed by atoms with E-state index >= 15 is 0 Å². The molecule has 0 atom stereocenters. The van der Waals surface area contributed by atoms with Gasteiger partial charge in [-0.1, -0.05) is 85.0 Å². The Morgan fingerprint density at radius 1 is 0.970 bits per heavy atom. The second kappa shape index (κ2) is 12.3. The van der Waals surface area contributed by atoms with Crippen molar-refractivity contribution in [1.82, 2.24) is 10.2 Å². The number of rotatable bonds is 11. The molecule has 2 aromatic rings. The quantitative estimate of drug-likeness (QED) is 0.274. The summed E-state index contributed by atoms with van der Waals surface area (Å²) in [5.41, 5.74) is 3.15. The summed E-state index contributed by atoms with van der Waals surface area (Å²) in [7, 11) is 0. The zero-order valence-electron chi connectivity index (χ0n) is 18.2. The molecular weight excluding hydrogens is 456 g/mol. The summed E-state index contributed by atoms with van der Waals surface area (Å²) in [5, 5.41) is 11.4. The molecule has 0 saturated carbocycles. The molecule has 1 fully saturated rings. The van der Waals surface area contributed by atoms with Crippen molar-refractivity contribution in [2.24, 2.45) is 0 Å². The van der Waals surface area contributed by atoms with Crippen molar-refractivity contribution in [3.05, 3.63) is 65.1 Å². The number of thioether (sulfide) groups is 1. The smallest absolute Gasteiger partial charge is 0.303 e. The van der Waals surface area contributed by atoms with Gasteiger partial charge >= 0.3 is 5.97 Å². The maximum atomic E-state index is 12.8. The molecular formula is C25H26N2O4S2. The van der Waals surface area contributed by atoms with Crippen LogP contribution in [0.15, 0.2) is 59.5 Å². The predicted octanol–water partition coefficient (Wildman–Crippen LogP) is 4.71. The molecule has 0 unspecified atom stereocenters. The Bertz CT molecular complexity index is 1040. The molecule has 0 aliphatic carbocycles. The van der Waals surface area contributed by atoms with Crippen LogP contribution < -0.4 is 5.32 Å². The number of hydrogen-bond acceptors (Lipinski definition) is 5. The van der Waals surface area contributed by atoms with Crippen molar-refractivity contribution < 1.29 is 19.5 Å². The van der Waals surface area contributed by atoms with Gasteiger partial charge in [0.2, 0.25) is 5.91 Å². The summed E-state index contributed by atoms with van der Waals surface area (Å²) in [4.78, 5) is 37.3. The Morgan fingerprint density at radius 3 is 2.36 bits per heavy atom. The third-order valence-corrected chi connectivity index (χ3v) is 6.52. The zero-order valence-corrected chi connectivity index (χ0v) is 19.8. The lowest BCUT2D eigenvalue weighted by molar-refractivity contribution is -0.137. The Hall–Kier alpha value is -2.97. The van der Waals surface area contributed by atoms with Crippen LogP contribution in [0.2, 0.25) is 0 Å². The first-order valence-corrected chi connectivity index (χ1v) is 12.1. The number of carbonyl (C=O) groups excluding carboxylic acids is 2. The molecule has 1 saturated heterocycles. The largest absolute Gasteiger partial charge is 0.481 e. The van der Waals surface area contributed by atoms with E-state index in [-0.39, 0.29) is 31.2 Å². The van der Waals surface area contributed by atoms with Gasteiger partial charge in [-0.3, -0.25) is 19.3 Å². The topological polar surface area (TPSA) is 86.7 Å². The van der Waals surface area contributed by atoms with Gasteiger partial charge in [0.05, 0.1) is 4.91 Å². The Kier molecular flexibility index (Phi) is 9.21. The summed E-state index contributed by atoms with van der Waals surface area (Å²) in [6.45, 7) is 0.732. The molecule has 33 heavy (non-hydrogen) atoms. The average Bonchev–Trinajstić information content (AvgIpc) is 3.07. The van der Waals surface area contributed by atoms with E-state index in [1.165, 1.54) is 16.7 Å². The number of unbranched alkanes of at least 4 members (excludes halogenated alkanes) is 2. The molecule has 0 spiro atoms. The maximum Gasteiger partial charge on any atom is 0.303 e. The molecule has 6 nitrogen and oxygen atoms in total. The van der Waals surface area contributed by atoms with Gasteiger partial charge in [0.15, 0.2) is 0 Å². The van der Waals surface area contributed by atoms with Crippen LogP contribution in [0.25, 0.3) is 17.2 Å². The van der Waals surface area contributed by atoms with Gasteiger partial charge in [0.25, 0.3) is 5.91 Å². The number of hydrogen-bond donors (Lipinski definition) is 2. The molecule has 172 valence electrons. The normalized spacial score (nSPS) is 14.7. The number of benzene rings is 2. The van der Waals surface area contributed by atoms with Crippen molar-refractivity contribution in [3.63, 3.8) is 0 Å². The summed E-state index contributed by atoms with van der Waals surface area (Å²) in [6, 6.07) is 18.1. The van der Waals surface area contributed by atoms with E-state index in [0.29, 0.717) is 22.2 Å². The van der Waals surface area contributed by atoms with Crippen molar-refractivity contribution in [2.75, 3.05) is 13.1 Å². The highest BCUT2D eigenvalue weighted by atomic mass is 32.2. The minimum Gasteiger partial charge on any atom is -0.481 e. The van der Waals surface area contributed by atoms with Gasteiger partial charge in [-0.2, -0.15) is 0 Å². The van der Waals surface area contributed by atoms with E-state index in [0.717, 1.165) is 29.5 Å². The fraction of sp³-hybridized carbons (Fsp3) is 0.280. The monoisotopic (exact) mass is 482 g/mol. The third-order valence-electron chi connectivity index (χ3n) is 5.14. The number of nitrogens with one attached hydrogen (secondary N) is 1. The summed E-state index contributed by atoms with van der Waals surface area (Å²) < 4.78 is 0.452. The molecule has 0 aromatic heterocycles. The lowest BCUT2D eigenvalue weighted by Gasteiger charge is -2.14. The molecule has 2 amide bonds. The van der Waals surface area contributed by atoms with Crippen LogP contribution in [0.4, 0.5) is 0 Å². The predicted molar refractivity (Wildman–Crippen MR) is 135 cm³/mol. The molecule has 1 aliphatic heterocycles. The Morgan fingerprint density at radius 2 is 1.67 bits per heavy atom. The standard InChI is InChI=1S/C25H26N2O4S2/c28-22(26-15-6-2-5-9-23(29)30)14-16-27-24(31)21(33-25(27)32)17-18-10-12-20(13-11-18)19-7-3-1-4-8-19/h1,3-4,7-8,10-13,17H,2,5-6,9,14-16H2,(H,26,28)(H,29,30)/b21-17-. The number of nitrogens with zero attached hydrogens (tertiary/aromatic N) is 1. The van der Waals surface area contributed by atoms with E-state index in [4.69, 9.17) is 17.3 Å². The minimum absolute atomic E-state index is 0.146. The first kappa shape index (κ1) is 24.7. The van der Waals surface area contributed by atoms with E-state index in [1.54, 1.807) is 0 Å². The highest BCUT2D eigenvalue weighted by molar-refractivity contribution is 8.26. The van der Waals surface area contributed by atoms with Crippen LogP contribution in [-0.2, 0) is 14.4 Å². The molecule has 2 aromatic carbocycles. The number of carbonyl (C=O) groups is 3. The second-order valence-corrected chi connectivity index (χ2v) is 9.30. The first-order valence-electron chi connectivity index (χ1n) is 10.8. The number of carboxylic acid groups (broad SMARTS) is 1. The molecule has 2 N–H and O–H groups in total. The Balaban J connectivity index is 1.47. The number of amides is 2. The van der Waals surface area contributed by atoms with E-state index in [2.05, 4.69) is 17.4 Å². The summed E-state index contributed by atoms with van der Waals surface area (Å²) in [5.74, 6) is -1.14. The van der Waals surface area contributed by atoms with Crippen molar-refractivity contribution in [2.45, 2.75) is 32.1 Å². The first-order chi connectivity index (χ1) is 15.9. The van der Waals surface area contributed by atoms with Gasteiger partial charge in [-0.25, -0.2) is 0 Å². The summed E-state index contributed by atoms with van der Waals surface area (Å²) >= 11 is 6.60. The highest BCUT2D eigenvalue weighted by Gasteiger charge is 2.32. The number of carboxylic acids is 1. The summed E-state index contributed by atoms with van der Waals surface area (Å²) in [6.07, 6.45) is 4.21. The van der Waals surface area contributed by atoms with Crippen molar-refractivity contribution in [1.29, 1.82) is 0 Å². The van der Waals surface area contributed by atoms with Crippen LogP contribution in [-0.4, -0.2) is 45.2 Å². The van der Waals surface area contributed by atoms with Gasteiger partial charge in [0, 0.05) is 25.9 Å². The van der Waals surface area contributed by atoms with Crippen LogP contribution in [0, 0.1) is 0 Å². The van der Waals surface area contributed by atoms with Crippen molar-refractivity contribution >= 4 is 52.2 Å². The third kappa shape index (κ3) is 7.54. The molecule has 1 aliphatic rings. The average molecular weight is 483 g/mol. The minimum atomic E-state index is -0.805. The van der Waals surface area contributed by atoms with Gasteiger partial charge in [-0.05, 0) is 35.6 Å².